The molecule has 0 bridgehead atoms. The van der Waals surface area contributed by atoms with Crippen LogP contribution < -0.4 is 0 Å². The zero-order valence-electron chi connectivity index (χ0n) is 5.94. The summed E-state index contributed by atoms with van der Waals surface area (Å²) in [5.41, 5.74) is 0.595. The number of rotatable bonds is 1. The molecule has 0 aliphatic rings. The minimum Gasteiger partial charge on any atom is -0.205 e. The Balaban J connectivity index is 3.17. The molecule has 1 aromatic carbocycles. The van der Waals surface area contributed by atoms with Gasteiger partial charge in [0.2, 0.25) is 0 Å². The number of benzene rings is 1. The molecule has 11 heavy (non-hydrogen) atoms. The second-order valence-corrected chi connectivity index (χ2v) is 4.04. The Morgan fingerprint density at radius 2 is 2.18 bits per heavy atom. The average molecular weight is 237 g/mol. The van der Waals surface area contributed by atoms with Crippen molar-refractivity contribution in [2.24, 2.45) is 0 Å². The molecule has 0 fully saturated rings. The van der Waals surface area contributed by atoms with Gasteiger partial charge >= 0.3 is 0 Å². The van der Waals surface area contributed by atoms with Crippen LogP contribution >= 0.6 is 27.5 Å². The van der Waals surface area contributed by atoms with Crippen LogP contribution in [0, 0.1) is 5.82 Å². The standard InChI is InChI=1S/C8H7BrClF/c1-5(9)6-3-2-4-7(10)8(6)11/h2-5H,1H3/t5-/m0/s1. The second kappa shape index (κ2) is 3.55. The van der Waals surface area contributed by atoms with Crippen LogP contribution in [0.25, 0.3) is 0 Å². The van der Waals surface area contributed by atoms with Crippen molar-refractivity contribution in [1.82, 2.24) is 0 Å². The topological polar surface area (TPSA) is 0 Å². The molecule has 0 aliphatic heterocycles. The molecule has 1 rings (SSSR count). The normalized spacial score (nSPS) is 13.1. The minimum atomic E-state index is -0.335. The van der Waals surface area contributed by atoms with E-state index < -0.39 is 0 Å². The van der Waals surface area contributed by atoms with Gasteiger partial charge in [0, 0.05) is 10.4 Å². The van der Waals surface area contributed by atoms with Crippen LogP contribution in [-0.2, 0) is 0 Å². The van der Waals surface area contributed by atoms with Gasteiger partial charge in [0.25, 0.3) is 0 Å². The number of halogens is 3. The van der Waals surface area contributed by atoms with Gasteiger partial charge in [0.15, 0.2) is 0 Å². The fourth-order valence-electron chi connectivity index (χ4n) is 0.828. The third-order valence-electron chi connectivity index (χ3n) is 1.41. The molecule has 0 spiro atoms. The highest BCUT2D eigenvalue weighted by Gasteiger charge is 2.09. The Hall–Kier alpha value is -0.0800. The molecule has 0 amide bonds. The van der Waals surface area contributed by atoms with Gasteiger partial charge in [0.05, 0.1) is 5.02 Å². The van der Waals surface area contributed by atoms with Crippen molar-refractivity contribution in [2.75, 3.05) is 0 Å². The van der Waals surface area contributed by atoms with Crippen LogP contribution in [0.2, 0.25) is 5.02 Å². The first-order chi connectivity index (χ1) is 5.13. The molecule has 0 aliphatic carbocycles. The van der Waals surface area contributed by atoms with Crippen molar-refractivity contribution < 1.29 is 4.39 Å². The first-order valence-electron chi connectivity index (χ1n) is 3.21. The fourth-order valence-corrected chi connectivity index (χ4v) is 1.36. The summed E-state index contributed by atoms with van der Waals surface area (Å²) in [6.07, 6.45) is 0. The van der Waals surface area contributed by atoms with Crippen molar-refractivity contribution in [2.45, 2.75) is 11.8 Å². The maximum Gasteiger partial charge on any atom is 0.146 e. The summed E-state index contributed by atoms with van der Waals surface area (Å²) in [6.45, 7) is 1.86. The van der Waals surface area contributed by atoms with Crippen LogP contribution in [-0.4, -0.2) is 0 Å². The summed E-state index contributed by atoms with van der Waals surface area (Å²) in [5, 5.41) is 0.175. The molecule has 0 saturated heterocycles. The zero-order chi connectivity index (χ0) is 8.43. The molecule has 0 radical (unpaired) electrons. The summed E-state index contributed by atoms with van der Waals surface area (Å²) in [4.78, 5) is 0.00111. The predicted molar refractivity (Wildman–Crippen MR) is 48.8 cm³/mol. The smallest absolute Gasteiger partial charge is 0.146 e. The third kappa shape index (κ3) is 1.94. The highest BCUT2D eigenvalue weighted by molar-refractivity contribution is 9.09. The molecule has 0 nitrogen and oxygen atoms in total. The first-order valence-corrected chi connectivity index (χ1v) is 4.50. The van der Waals surface area contributed by atoms with Gasteiger partial charge in [-0.25, -0.2) is 4.39 Å². The van der Waals surface area contributed by atoms with E-state index in [1.54, 1.807) is 12.1 Å². The fraction of sp³-hybridized carbons (Fsp3) is 0.250. The van der Waals surface area contributed by atoms with E-state index in [1.165, 1.54) is 6.07 Å². The Bertz CT molecular complexity index is 260. The lowest BCUT2D eigenvalue weighted by molar-refractivity contribution is 0.612. The molecule has 0 unspecified atom stereocenters. The van der Waals surface area contributed by atoms with E-state index in [0.29, 0.717) is 5.56 Å². The second-order valence-electron chi connectivity index (χ2n) is 2.26. The largest absolute Gasteiger partial charge is 0.205 e. The Morgan fingerprint density at radius 1 is 1.55 bits per heavy atom. The maximum absolute atomic E-state index is 13.1. The van der Waals surface area contributed by atoms with Gasteiger partial charge in [-0.1, -0.05) is 39.7 Å². The lowest BCUT2D eigenvalue weighted by Gasteiger charge is -2.05. The van der Waals surface area contributed by atoms with Crippen molar-refractivity contribution in [3.05, 3.63) is 34.6 Å². The summed E-state index contributed by atoms with van der Waals surface area (Å²) >= 11 is 8.83. The van der Waals surface area contributed by atoms with E-state index in [1.807, 2.05) is 6.92 Å². The zero-order valence-corrected chi connectivity index (χ0v) is 8.29. The number of hydrogen-bond acceptors (Lipinski definition) is 0. The number of alkyl halides is 1. The van der Waals surface area contributed by atoms with Gasteiger partial charge in [-0.15, -0.1) is 0 Å². The summed E-state index contributed by atoms with van der Waals surface area (Å²) in [6, 6.07) is 4.98. The van der Waals surface area contributed by atoms with E-state index in [2.05, 4.69) is 15.9 Å². The molecule has 1 atom stereocenters. The molecular formula is C8H7BrClF. The van der Waals surface area contributed by atoms with Gasteiger partial charge < -0.3 is 0 Å². The summed E-state index contributed by atoms with van der Waals surface area (Å²) in [7, 11) is 0. The highest BCUT2D eigenvalue weighted by Crippen LogP contribution is 2.27. The van der Waals surface area contributed by atoms with Gasteiger partial charge in [-0.3, -0.25) is 0 Å². The van der Waals surface area contributed by atoms with E-state index in [-0.39, 0.29) is 15.7 Å². The molecule has 1 aromatic rings. The van der Waals surface area contributed by atoms with Crippen molar-refractivity contribution in [3.8, 4) is 0 Å². The Kier molecular flexibility index (Phi) is 2.90. The van der Waals surface area contributed by atoms with E-state index >= 15 is 0 Å². The third-order valence-corrected chi connectivity index (χ3v) is 2.20. The lowest BCUT2D eigenvalue weighted by atomic mass is 10.1. The van der Waals surface area contributed by atoms with E-state index in [9.17, 15) is 4.39 Å². The lowest BCUT2D eigenvalue weighted by Crippen LogP contribution is -1.89. The van der Waals surface area contributed by atoms with Crippen LogP contribution in [0.15, 0.2) is 18.2 Å². The quantitative estimate of drug-likeness (QED) is 0.649. The number of hydrogen-bond donors (Lipinski definition) is 0. The Morgan fingerprint density at radius 3 is 2.64 bits per heavy atom. The molecule has 0 saturated carbocycles. The van der Waals surface area contributed by atoms with Gasteiger partial charge in [-0.05, 0) is 13.0 Å². The summed E-state index contributed by atoms with van der Waals surface area (Å²) < 4.78 is 13.1. The monoisotopic (exact) mass is 236 g/mol. The molecule has 60 valence electrons. The highest BCUT2D eigenvalue weighted by atomic mass is 79.9. The molecule has 0 heterocycles. The van der Waals surface area contributed by atoms with E-state index in [4.69, 9.17) is 11.6 Å². The van der Waals surface area contributed by atoms with Crippen molar-refractivity contribution in [3.63, 3.8) is 0 Å². The van der Waals surface area contributed by atoms with Crippen LogP contribution in [0.4, 0.5) is 4.39 Å². The average Bonchev–Trinajstić information content (AvgIpc) is 1.94. The first kappa shape index (κ1) is 9.01. The van der Waals surface area contributed by atoms with Crippen LogP contribution in [0.5, 0.6) is 0 Å². The minimum absolute atomic E-state index is 0.00111. The van der Waals surface area contributed by atoms with Crippen molar-refractivity contribution in [1.29, 1.82) is 0 Å². The predicted octanol–water partition coefficient (Wildman–Crippen LogP) is 3.94. The van der Waals surface area contributed by atoms with Crippen LogP contribution in [0.3, 0.4) is 0 Å². The molecule has 0 N–H and O–H groups in total. The van der Waals surface area contributed by atoms with Gasteiger partial charge in [-0.2, -0.15) is 0 Å². The molecular weight excluding hydrogens is 230 g/mol. The summed E-state index contributed by atoms with van der Waals surface area (Å²) in [5.74, 6) is -0.335. The SMILES string of the molecule is C[C@H](Br)c1cccc(Cl)c1F. The van der Waals surface area contributed by atoms with E-state index in [0.717, 1.165) is 0 Å². The van der Waals surface area contributed by atoms with Crippen molar-refractivity contribution >= 4 is 27.5 Å². The molecule has 3 heteroatoms. The van der Waals surface area contributed by atoms with Crippen LogP contribution in [0.1, 0.15) is 17.3 Å². The maximum atomic E-state index is 13.1. The van der Waals surface area contributed by atoms with Gasteiger partial charge in [0.1, 0.15) is 5.82 Å². The molecule has 0 aromatic heterocycles. The Labute approximate surface area is 78.5 Å².